The van der Waals surface area contributed by atoms with Crippen molar-refractivity contribution in [3.63, 3.8) is 0 Å². The number of hydrogen-bond donors (Lipinski definition) is 1. The van der Waals surface area contributed by atoms with Crippen LogP contribution in [0.5, 0.6) is 0 Å². The van der Waals surface area contributed by atoms with Gasteiger partial charge in [-0.3, -0.25) is 4.79 Å². The van der Waals surface area contributed by atoms with Gasteiger partial charge in [0.05, 0.1) is 0 Å². The largest absolute Gasteiger partial charge is 0.456 e. The maximum atomic E-state index is 11.7. The van der Waals surface area contributed by atoms with Crippen LogP contribution in [0.2, 0.25) is 0 Å². The van der Waals surface area contributed by atoms with E-state index >= 15 is 0 Å². The number of carbonyl (C=O) groups is 1. The lowest BCUT2D eigenvalue weighted by molar-refractivity contribution is 0.0923. The van der Waals surface area contributed by atoms with Gasteiger partial charge in [-0.2, -0.15) is 0 Å². The number of carbonyl (C=O) groups excluding carboxylic acids is 1. The Morgan fingerprint density at radius 1 is 1.47 bits per heavy atom. The molecule has 0 aliphatic carbocycles. The molecule has 0 bridgehead atoms. The Hall–Kier alpha value is -0.770. The molecule has 0 aliphatic rings. The summed E-state index contributed by atoms with van der Waals surface area (Å²) in [7, 11) is 0. The number of alkyl halides is 1. The van der Waals surface area contributed by atoms with Crippen LogP contribution in [0.25, 0.3) is 0 Å². The molecule has 1 unspecified atom stereocenters. The summed E-state index contributed by atoms with van der Waals surface area (Å²) in [5, 5.41) is 2.86. The average molecular weight is 302 g/mol. The van der Waals surface area contributed by atoms with Crippen LogP contribution in [-0.4, -0.2) is 17.3 Å². The van der Waals surface area contributed by atoms with Gasteiger partial charge in [0, 0.05) is 11.4 Å². The SMILES string of the molecule is Cc1ccc(C(=O)NCC(Br)CC(C)(C)C)o1. The van der Waals surface area contributed by atoms with Gasteiger partial charge >= 0.3 is 0 Å². The average Bonchev–Trinajstić information content (AvgIpc) is 2.58. The Kier molecular flexibility index (Phi) is 4.80. The molecule has 1 heterocycles. The molecule has 0 fully saturated rings. The lowest BCUT2D eigenvalue weighted by Gasteiger charge is -2.22. The first kappa shape index (κ1) is 14.3. The van der Waals surface area contributed by atoms with Gasteiger partial charge in [0.2, 0.25) is 0 Å². The highest BCUT2D eigenvalue weighted by Gasteiger charge is 2.18. The third kappa shape index (κ3) is 5.39. The molecule has 4 heteroatoms. The van der Waals surface area contributed by atoms with Crippen LogP contribution >= 0.6 is 15.9 Å². The molecule has 96 valence electrons. The first-order valence-electron chi connectivity index (χ1n) is 5.76. The maximum absolute atomic E-state index is 11.7. The molecule has 0 aromatic carbocycles. The third-order valence-corrected chi connectivity index (χ3v) is 2.93. The fraction of sp³-hybridized carbons (Fsp3) is 0.615. The summed E-state index contributed by atoms with van der Waals surface area (Å²) >= 11 is 3.57. The molecule has 1 amide bonds. The second-order valence-corrected chi connectivity index (χ2v) is 6.78. The molecule has 17 heavy (non-hydrogen) atoms. The van der Waals surface area contributed by atoms with E-state index in [-0.39, 0.29) is 16.1 Å². The molecule has 1 atom stereocenters. The van der Waals surface area contributed by atoms with Gasteiger partial charge < -0.3 is 9.73 Å². The van der Waals surface area contributed by atoms with Crippen LogP contribution in [0, 0.1) is 12.3 Å². The Labute approximate surface area is 111 Å². The first-order valence-corrected chi connectivity index (χ1v) is 6.68. The molecule has 0 saturated carbocycles. The van der Waals surface area contributed by atoms with Crippen molar-refractivity contribution < 1.29 is 9.21 Å². The number of rotatable bonds is 4. The van der Waals surface area contributed by atoms with E-state index in [0.29, 0.717) is 12.3 Å². The molecular weight excluding hydrogens is 282 g/mol. The highest BCUT2D eigenvalue weighted by Crippen LogP contribution is 2.24. The Bertz CT molecular complexity index is 379. The molecular formula is C13H20BrNO2. The quantitative estimate of drug-likeness (QED) is 0.865. The topological polar surface area (TPSA) is 42.2 Å². The molecule has 3 nitrogen and oxygen atoms in total. The van der Waals surface area contributed by atoms with E-state index in [1.165, 1.54) is 0 Å². The van der Waals surface area contributed by atoms with Gasteiger partial charge in [-0.05, 0) is 30.9 Å². The van der Waals surface area contributed by atoms with Crippen molar-refractivity contribution in [3.8, 4) is 0 Å². The molecule has 1 rings (SSSR count). The number of amides is 1. The lowest BCUT2D eigenvalue weighted by Crippen LogP contribution is -2.31. The van der Waals surface area contributed by atoms with Gasteiger partial charge in [-0.1, -0.05) is 36.7 Å². The predicted molar refractivity (Wildman–Crippen MR) is 72.6 cm³/mol. The fourth-order valence-electron chi connectivity index (χ4n) is 1.58. The van der Waals surface area contributed by atoms with Crippen LogP contribution < -0.4 is 5.32 Å². The normalized spacial score (nSPS) is 13.5. The predicted octanol–water partition coefficient (Wildman–Crippen LogP) is 3.52. The molecule has 0 radical (unpaired) electrons. The van der Waals surface area contributed by atoms with Crippen LogP contribution in [-0.2, 0) is 0 Å². The summed E-state index contributed by atoms with van der Waals surface area (Å²) in [5.74, 6) is 0.967. The first-order chi connectivity index (χ1) is 7.78. The third-order valence-electron chi connectivity index (χ3n) is 2.28. The van der Waals surface area contributed by atoms with Crippen LogP contribution in [0.1, 0.15) is 43.5 Å². The van der Waals surface area contributed by atoms with E-state index in [1.54, 1.807) is 12.1 Å². The smallest absolute Gasteiger partial charge is 0.287 e. The summed E-state index contributed by atoms with van der Waals surface area (Å²) in [6.07, 6.45) is 1.00. The van der Waals surface area contributed by atoms with E-state index < -0.39 is 0 Å². The Morgan fingerprint density at radius 2 is 2.12 bits per heavy atom. The van der Waals surface area contributed by atoms with Crippen molar-refractivity contribution in [1.82, 2.24) is 5.32 Å². The number of nitrogens with one attached hydrogen (secondary N) is 1. The minimum atomic E-state index is -0.156. The minimum Gasteiger partial charge on any atom is -0.456 e. The van der Waals surface area contributed by atoms with E-state index in [9.17, 15) is 4.79 Å². The van der Waals surface area contributed by atoms with Gasteiger partial charge in [-0.25, -0.2) is 0 Å². The minimum absolute atomic E-state index is 0.156. The lowest BCUT2D eigenvalue weighted by atomic mass is 9.90. The number of halogens is 1. The summed E-state index contributed by atoms with van der Waals surface area (Å²) < 4.78 is 5.25. The van der Waals surface area contributed by atoms with Gasteiger partial charge in [0.25, 0.3) is 5.91 Å². The number of furan rings is 1. The molecule has 0 spiro atoms. The van der Waals surface area contributed by atoms with E-state index in [1.807, 2.05) is 6.92 Å². The maximum Gasteiger partial charge on any atom is 0.287 e. The zero-order valence-electron chi connectivity index (χ0n) is 10.8. The number of aryl methyl sites for hydroxylation is 1. The van der Waals surface area contributed by atoms with E-state index in [4.69, 9.17) is 4.42 Å². The Morgan fingerprint density at radius 3 is 2.59 bits per heavy atom. The highest BCUT2D eigenvalue weighted by molar-refractivity contribution is 9.09. The standard InChI is InChI=1S/C13H20BrNO2/c1-9-5-6-11(17-9)12(16)15-8-10(14)7-13(2,3)4/h5-6,10H,7-8H2,1-4H3,(H,15,16). The highest BCUT2D eigenvalue weighted by atomic mass is 79.9. The summed E-state index contributed by atoms with van der Waals surface area (Å²) in [4.78, 5) is 12.0. The van der Waals surface area contributed by atoms with Gasteiger partial charge in [0.1, 0.15) is 5.76 Å². The van der Waals surface area contributed by atoms with Crippen molar-refractivity contribution in [2.45, 2.75) is 38.9 Å². The van der Waals surface area contributed by atoms with Crippen molar-refractivity contribution in [2.24, 2.45) is 5.41 Å². The number of hydrogen-bond acceptors (Lipinski definition) is 2. The summed E-state index contributed by atoms with van der Waals surface area (Å²) in [6.45, 7) is 8.97. The van der Waals surface area contributed by atoms with Gasteiger partial charge in [0.15, 0.2) is 5.76 Å². The van der Waals surface area contributed by atoms with E-state index in [2.05, 4.69) is 42.0 Å². The Balaban J connectivity index is 2.38. The van der Waals surface area contributed by atoms with Crippen LogP contribution in [0.4, 0.5) is 0 Å². The second kappa shape index (κ2) is 5.71. The molecule has 1 aromatic heterocycles. The molecule has 1 aromatic rings. The van der Waals surface area contributed by atoms with Crippen molar-refractivity contribution >= 4 is 21.8 Å². The fourth-order valence-corrected chi connectivity index (χ4v) is 2.72. The monoisotopic (exact) mass is 301 g/mol. The second-order valence-electron chi connectivity index (χ2n) is 5.48. The zero-order valence-corrected chi connectivity index (χ0v) is 12.4. The van der Waals surface area contributed by atoms with Gasteiger partial charge in [-0.15, -0.1) is 0 Å². The van der Waals surface area contributed by atoms with Crippen molar-refractivity contribution in [1.29, 1.82) is 0 Å². The summed E-state index contributed by atoms with van der Waals surface area (Å²) in [6, 6.07) is 3.48. The van der Waals surface area contributed by atoms with Crippen molar-refractivity contribution in [3.05, 3.63) is 23.7 Å². The molecule has 1 N–H and O–H groups in total. The zero-order chi connectivity index (χ0) is 13.1. The van der Waals surface area contributed by atoms with E-state index in [0.717, 1.165) is 12.2 Å². The van der Waals surface area contributed by atoms with Crippen LogP contribution in [0.3, 0.4) is 0 Å². The summed E-state index contributed by atoms with van der Waals surface area (Å²) in [5.41, 5.74) is 0.250. The van der Waals surface area contributed by atoms with Crippen LogP contribution in [0.15, 0.2) is 16.5 Å². The van der Waals surface area contributed by atoms with Crippen molar-refractivity contribution in [2.75, 3.05) is 6.54 Å². The molecule has 0 aliphatic heterocycles. The molecule has 0 saturated heterocycles.